The Hall–Kier alpha value is -2.48. The zero-order chi connectivity index (χ0) is 17.8. The molecule has 1 aromatic carbocycles. The summed E-state index contributed by atoms with van der Waals surface area (Å²) in [4.78, 5) is 11.9. The largest absolute Gasteiger partial charge is 0.388 e. The first-order chi connectivity index (χ1) is 12.1. The quantitative estimate of drug-likeness (QED) is 0.733. The van der Waals surface area contributed by atoms with Gasteiger partial charge in [0.2, 0.25) is 0 Å². The second-order valence-electron chi connectivity index (χ2n) is 6.30. The van der Waals surface area contributed by atoms with Gasteiger partial charge in [0.25, 0.3) is 0 Å². The van der Waals surface area contributed by atoms with Crippen molar-refractivity contribution in [2.75, 3.05) is 6.54 Å². The van der Waals surface area contributed by atoms with Gasteiger partial charge in [-0.2, -0.15) is 0 Å². The number of aromatic nitrogens is 3. The van der Waals surface area contributed by atoms with Gasteiger partial charge in [0.15, 0.2) is 5.82 Å². The number of nitrogens with one attached hydrogen (secondary N) is 2. The van der Waals surface area contributed by atoms with Crippen molar-refractivity contribution in [2.24, 2.45) is 7.05 Å². The van der Waals surface area contributed by atoms with Crippen LogP contribution >= 0.6 is 0 Å². The van der Waals surface area contributed by atoms with Crippen LogP contribution < -0.4 is 10.6 Å². The molecule has 1 saturated carbocycles. The molecule has 0 bridgehead atoms. The number of hydrogen-bond acceptors (Lipinski definition) is 4. The lowest BCUT2D eigenvalue weighted by Crippen LogP contribution is -2.48. The van der Waals surface area contributed by atoms with Crippen LogP contribution in [0.3, 0.4) is 0 Å². The molecular formula is C17H22FN5O2. The third kappa shape index (κ3) is 3.96. The Labute approximate surface area is 145 Å². The Morgan fingerprint density at radius 3 is 2.80 bits per heavy atom. The van der Waals surface area contributed by atoms with Crippen molar-refractivity contribution in [1.29, 1.82) is 0 Å². The molecule has 1 heterocycles. The predicted octanol–water partition coefficient (Wildman–Crippen LogP) is 1.23. The fourth-order valence-corrected chi connectivity index (χ4v) is 3.06. The number of benzene rings is 1. The van der Waals surface area contributed by atoms with Crippen LogP contribution in [0, 0.1) is 5.82 Å². The molecule has 0 spiro atoms. The summed E-state index contributed by atoms with van der Waals surface area (Å²) >= 11 is 0. The highest BCUT2D eigenvalue weighted by atomic mass is 19.1. The number of nitrogens with zero attached hydrogens (tertiary/aromatic N) is 3. The Bertz CT molecular complexity index is 742. The second-order valence-corrected chi connectivity index (χ2v) is 6.30. The highest BCUT2D eigenvalue weighted by Crippen LogP contribution is 2.35. The van der Waals surface area contributed by atoms with Crippen LogP contribution in [0.5, 0.6) is 0 Å². The minimum absolute atomic E-state index is 0.0905. The zero-order valence-corrected chi connectivity index (χ0v) is 14.1. The van der Waals surface area contributed by atoms with Gasteiger partial charge >= 0.3 is 6.03 Å². The van der Waals surface area contributed by atoms with Crippen LogP contribution in [0.25, 0.3) is 0 Å². The van der Waals surface area contributed by atoms with E-state index in [1.165, 1.54) is 6.07 Å². The molecule has 0 radical (unpaired) electrons. The van der Waals surface area contributed by atoms with E-state index in [0.29, 0.717) is 24.4 Å². The van der Waals surface area contributed by atoms with E-state index in [4.69, 9.17) is 5.11 Å². The molecule has 0 aliphatic heterocycles. The summed E-state index contributed by atoms with van der Waals surface area (Å²) in [6, 6.07) is 6.40. The fraction of sp³-hybridized carbons (Fsp3) is 0.471. The highest BCUT2D eigenvalue weighted by molar-refractivity contribution is 5.74. The van der Waals surface area contributed by atoms with Gasteiger partial charge in [0.1, 0.15) is 18.2 Å². The molecule has 7 nitrogen and oxygen atoms in total. The Morgan fingerprint density at radius 1 is 1.36 bits per heavy atom. The number of hydrogen-bond donors (Lipinski definition) is 3. The van der Waals surface area contributed by atoms with Crippen molar-refractivity contribution in [3.63, 3.8) is 0 Å². The first kappa shape index (κ1) is 17.3. The van der Waals surface area contributed by atoms with E-state index in [9.17, 15) is 9.18 Å². The number of amides is 2. The minimum Gasteiger partial charge on any atom is -0.388 e. The third-order valence-corrected chi connectivity index (χ3v) is 4.62. The van der Waals surface area contributed by atoms with Gasteiger partial charge in [-0.15, -0.1) is 10.2 Å². The smallest absolute Gasteiger partial charge is 0.315 e. The van der Waals surface area contributed by atoms with Gasteiger partial charge in [0.05, 0.1) is 0 Å². The Balaban J connectivity index is 1.39. The summed E-state index contributed by atoms with van der Waals surface area (Å²) in [6.07, 6.45) is 2.03. The molecule has 0 atom stereocenters. The molecule has 2 aromatic rings. The molecule has 25 heavy (non-hydrogen) atoms. The van der Waals surface area contributed by atoms with Crippen molar-refractivity contribution in [3.8, 4) is 0 Å². The van der Waals surface area contributed by atoms with Crippen molar-refractivity contribution in [2.45, 2.75) is 37.8 Å². The summed E-state index contributed by atoms with van der Waals surface area (Å²) in [5.74, 6) is 1.36. The average Bonchev–Trinajstić information content (AvgIpc) is 2.93. The van der Waals surface area contributed by atoms with Crippen LogP contribution in [0.4, 0.5) is 9.18 Å². The average molecular weight is 347 g/mol. The van der Waals surface area contributed by atoms with Gasteiger partial charge in [0, 0.05) is 25.6 Å². The number of aliphatic hydroxyl groups is 1. The summed E-state index contributed by atoms with van der Waals surface area (Å²) in [7, 11) is 1.83. The zero-order valence-electron chi connectivity index (χ0n) is 14.1. The molecule has 0 saturated heterocycles. The number of urea groups is 1. The Morgan fingerprint density at radius 2 is 2.12 bits per heavy atom. The van der Waals surface area contributed by atoms with E-state index in [1.807, 2.05) is 7.05 Å². The number of rotatable bonds is 6. The van der Waals surface area contributed by atoms with Crippen LogP contribution in [0.1, 0.15) is 36.0 Å². The lowest BCUT2D eigenvalue weighted by molar-refractivity contribution is 0.220. The molecule has 1 aliphatic carbocycles. The normalized spacial score (nSPS) is 19.3. The van der Waals surface area contributed by atoms with E-state index in [1.54, 1.807) is 22.8 Å². The molecule has 134 valence electrons. The van der Waals surface area contributed by atoms with Crippen molar-refractivity contribution < 1.29 is 14.3 Å². The first-order valence-electron chi connectivity index (χ1n) is 8.35. The van der Waals surface area contributed by atoms with Gasteiger partial charge in [-0.1, -0.05) is 18.2 Å². The SMILES string of the molecule is Cn1c(CO)nnc1C1CC(NC(=O)NCCc2ccccc2F)C1. The monoisotopic (exact) mass is 347 g/mol. The van der Waals surface area contributed by atoms with Crippen LogP contribution in [0.15, 0.2) is 24.3 Å². The predicted molar refractivity (Wildman–Crippen MR) is 89.3 cm³/mol. The fourth-order valence-electron chi connectivity index (χ4n) is 3.06. The van der Waals surface area contributed by atoms with Gasteiger partial charge in [-0.05, 0) is 30.9 Å². The topological polar surface area (TPSA) is 92.1 Å². The van der Waals surface area contributed by atoms with Crippen molar-refractivity contribution in [3.05, 3.63) is 47.3 Å². The van der Waals surface area contributed by atoms with E-state index in [-0.39, 0.29) is 30.4 Å². The standard InChI is InChI=1S/C17H22FN5O2/c1-23-15(10-24)21-22-16(23)12-8-13(9-12)20-17(25)19-7-6-11-4-2-3-5-14(11)18/h2-5,12-13,24H,6-10H2,1H3,(H2,19,20,25). The first-order valence-corrected chi connectivity index (χ1v) is 8.35. The van der Waals surface area contributed by atoms with Crippen molar-refractivity contribution in [1.82, 2.24) is 25.4 Å². The van der Waals surface area contributed by atoms with E-state index in [2.05, 4.69) is 20.8 Å². The lowest BCUT2D eigenvalue weighted by Gasteiger charge is -2.34. The van der Waals surface area contributed by atoms with Crippen LogP contribution in [0.2, 0.25) is 0 Å². The number of carbonyl (C=O) groups is 1. The molecule has 3 rings (SSSR count). The van der Waals surface area contributed by atoms with E-state index < -0.39 is 0 Å². The molecule has 1 aliphatic rings. The maximum atomic E-state index is 13.5. The summed E-state index contributed by atoms with van der Waals surface area (Å²) in [6.45, 7) is 0.244. The highest BCUT2D eigenvalue weighted by Gasteiger charge is 2.34. The van der Waals surface area contributed by atoms with Gasteiger partial charge in [-0.25, -0.2) is 9.18 Å². The number of aliphatic hydroxyl groups excluding tert-OH is 1. The maximum Gasteiger partial charge on any atom is 0.315 e. The summed E-state index contributed by atoms with van der Waals surface area (Å²) in [5.41, 5.74) is 0.591. The summed E-state index contributed by atoms with van der Waals surface area (Å²) < 4.78 is 15.3. The maximum absolute atomic E-state index is 13.5. The molecular weight excluding hydrogens is 325 g/mol. The second kappa shape index (κ2) is 7.60. The van der Waals surface area contributed by atoms with Gasteiger partial charge in [-0.3, -0.25) is 0 Å². The van der Waals surface area contributed by atoms with E-state index in [0.717, 1.165) is 18.7 Å². The molecule has 0 unspecified atom stereocenters. The number of halogens is 1. The lowest BCUT2D eigenvalue weighted by atomic mass is 9.79. The molecule has 2 amide bonds. The third-order valence-electron chi connectivity index (χ3n) is 4.62. The van der Waals surface area contributed by atoms with Crippen LogP contribution in [-0.4, -0.2) is 38.5 Å². The Kier molecular flexibility index (Phi) is 5.28. The summed E-state index contributed by atoms with van der Waals surface area (Å²) in [5, 5.41) is 22.8. The van der Waals surface area contributed by atoms with Crippen LogP contribution in [-0.2, 0) is 20.1 Å². The minimum atomic E-state index is -0.252. The van der Waals surface area contributed by atoms with Crippen molar-refractivity contribution >= 4 is 6.03 Å². The molecule has 8 heteroatoms. The molecule has 3 N–H and O–H groups in total. The van der Waals surface area contributed by atoms with E-state index >= 15 is 0 Å². The molecule has 1 aromatic heterocycles. The number of carbonyl (C=O) groups excluding carboxylic acids is 1. The molecule has 1 fully saturated rings. The van der Waals surface area contributed by atoms with Gasteiger partial charge < -0.3 is 20.3 Å².